The van der Waals surface area contributed by atoms with E-state index in [2.05, 4.69) is 15.6 Å². The largest absolute Gasteiger partial charge is 0.327 e. The molecule has 32 heavy (non-hydrogen) atoms. The maximum atomic E-state index is 13.0. The molecule has 5 rings (SSSR count). The fourth-order valence-electron chi connectivity index (χ4n) is 4.18. The molecule has 1 atom stereocenters. The molecule has 2 aliphatic heterocycles. The van der Waals surface area contributed by atoms with Crippen LogP contribution in [-0.4, -0.2) is 40.2 Å². The van der Waals surface area contributed by atoms with Gasteiger partial charge in [0.15, 0.2) is 0 Å². The highest BCUT2D eigenvalue weighted by Crippen LogP contribution is 2.32. The summed E-state index contributed by atoms with van der Waals surface area (Å²) >= 11 is 1.34. The van der Waals surface area contributed by atoms with Crippen LogP contribution in [0.5, 0.6) is 0 Å². The third-order valence-corrected chi connectivity index (χ3v) is 7.09. The lowest BCUT2D eigenvalue weighted by molar-refractivity contribution is -0.119. The second kappa shape index (κ2) is 7.87. The summed E-state index contributed by atoms with van der Waals surface area (Å²) in [5.74, 6) is -0.620. The first kappa shape index (κ1) is 20.4. The Kier molecular flexibility index (Phi) is 5.01. The molecule has 3 aromatic rings. The van der Waals surface area contributed by atoms with Crippen LogP contribution in [-0.2, 0) is 4.79 Å². The molecule has 3 amide bonds. The summed E-state index contributed by atoms with van der Waals surface area (Å²) in [7, 11) is 0. The van der Waals surface area contributed by atoms with Gasteiger partial charge >= 0.3 is 0 Å². The van der Waals surface area contributed by atoms with E-state index in [1.165, 1.54) is 11.3 Å². The molecule has 1 aromatic heterocycles. The number of hydrogen-bond acceptors (Lipinski definition) is 5. The number of benzene rings is 2. The lowest BCUT2D eigenvalue weighted by atomic mass is 10.1. The number of anilines is 2. The number of hydrogen-bond donors (Lipinski definition) is 2. The number of amides is 3. The molecule has 3 heterocycles. The van der Waals surface area contributed by atoms with E-state index in [1.807, 2.05) is 38.1 Å². The predicted octanol–water partition coefficient (Wildman–Crippen LogP) is 4.24. The second-order valence-corrected chi connectivity index (χ2v) is 9.16. The fourth-order valence-corrected chi connectivity index (χ4v) is 5.14. The molecule has 7 nitrogen and oxygen atoms in total. The van der Waals surface area contributed by atoms with Crippen molar-refractivity contribution in [3.63, 3.8) is 0 Å². The van der Waals surface area contributed by atoms with E-state index in [1.54, 1.807) is 23.1 Å². The Bertz CT molecular complexity index is 1250. The molecule has 0 bridgehead atoms. The molecule has 0 radical (unpaired) electrons. The SMILES string of the molecule is Cc1ccc(-c2nc(C)c(C(=O)Nc3ccc4c(c3)C(=O)N3CCC[C@H]3C(=O)N4)s2)cc1. The molecule has 0 unspecified atom stereocenters. The highest BCUT2D eigenvalue weighted by Gasteiger charge is 2.38. The summed E-state index contributed by atoms with van der Waals surface area (Å²) in [6.45, 7) is 4.40. The zero-order valence-electron chi connectivity index (χ0n) is 17.8. The van der Waals surface area contributed by atoms with Gasteiger partial charge in [0.25, 0.3) is 11.8 Å². The van der Waals surface area contributed by atoms with Crippen LogP contribution < -0.4 is 10.6 Å². The molecule has 1 saturated heterocycles. The molecule has 0 aliphatic carbocycles. The molecule has 162 valence electrons. The number of fused-ring (bicyclic) bond motifs is 2. The number of thiazole rings is 1. The molecule has 2 aromatic carbocycles. The van der Waals surface area contributed by atoms with Crippen LogP contribution in [0.15, 0.2) is 42.5 Å². The zero-order valence-corrected chi connectivity index (χ0v) is 18.6. The minimum atomic E-state index is -0.423. The van der Waals surface area contributed by atoms with E-state index >= 15 is 0 Å². The molecule has 1 fully saturated rings. The van der Waals surface area contributed by atoms with Gasteiger partial charge in [-0.3, -0.25) is 14.4 Å². The summed E-state index contributed by atoms with van der Waals surface area (Å²) in [4.78, 5) is 45.2. The Hall–Kier alpha value is -3.52. The second-order valence-electron chi connectivity index (χ2n) is 8.16. The zero-order chi connectivity index (χ0) is 22.4. The van der Waals surface area contributed by atoms with Crippen molar-refractivity contribution in [1.82, 2.24) is 9.88 Å². The Morgan fingerprint density at radius 2 is 1.94 bits per heavy atom. The van der Waals surface area contributed by atoms with Crippen LogP contribution in [0.3, 0.4) is 0 Å². The van der Waals surface area contributed by atoms with Crippen molar-refractivity contribution < 1.29 is 14.4 Å². The average molecular weight is 447 g/mol. The standard InChI is InChI=1S/C24H22N4O3S/c1-13-5-7-15(8-6-13)23-25-14(2)20(32-23)22(30)26-16-9-10-18-17(12-16)24(31)28-11-3-4-19(28)21(29)27-18/h5-10,12,19H,3-4,11H2,1-2H3,(H,26,30)(H,27,29)/t19-/m0/s1. The van der Waals surface area contributed by atoms with Crippen LogP contribution in [0.2, 0.25) is 0 Å². The van der Waals surface area contributed by atoms with E-state index in [9.17, 15) is 14.4 Å². The van der Waals surface area contributed by atoms with E-state index < -0.39 is 6.04 Å². The smallest absolute Gasteiger partial charge is 0.267 e. The van der Waals surface area contributed by atoms with Crippen molar-refractivity contribution in [2.45, 2.75) is 32.7 Å². The highest BCUT2D eigenvalue weighted by molar-refractivity contribution is 7.17. The maximum Gasteiger partial charge on any atom is 0.267 e. The first-order valence-electron chi connectivity index (χ1n) is 10.5. The summed E-state index contributed by atoms with van der Waals surface area (Å²) in [5, 5.41) is 6.52. The van der Waals surface area contributed by atoms with Crippen LogP contribution in [0.1, 0.15) is 44.1 Å². The lowest BCUT2D eigenvalue weighted by Gasteiger charge is -2.20. The van der Waals surface area contributed by atoms with E-state index in [-0.39, 0.29) is 17.7 Å². The van der Waals surface area contributed by atoms with Crippen LogP contribution in [0.4, 0.5) is 11.4 Å². The third-order valence-electron chi connectivity index (χ3n) is 5.88. The van der Waals surface area contributed by atoms with Gasteiger partial charge in [0.2, 0.25) is 5.91 Å². The number of nitrogens with one attached hydrogen (secondary N) is 2. The van der Waals surface area contributed by atoms with Gasteiger partial charge in [0.1, 0.15) is 15.9 Å². The van der Waals surface area contributed by atoms with Gasteiger partial charge in [-0.15, -0.1) is 11.3 Å². The minimum absolute atomic E-state index is 0.157. The predicted molar refractivity (Wildman–Crippen MR) is 124 cm³/mol. The molecule has 2 N–H and O–H groups in total. The topological polar surface area (TPSA) is 91.4 Å². The molecule has 0 saturated carbocycles. The van der Waals surface area contributed by atoms with Crippen LogP contribution >= 0.6 is 11.3 Å². The molecule has 8 heteroatoms. The van der Waals surface area contributed by atoms with Gasteiger partial charge in [-0.2, -0.15) is 0 Å². The van der Waals surface area contributed by atoms with E-state index in [0.717, 1.165) is 22.6 Å². The monoisotopic (exact) mass is 446 g/mol. The Labute approximate surface area is 189 Å². The lowest BCUT2D eigenvalue weighted by Crippen LogP contribution is -2.40. The number of aryl methyl sites for hydroxylation is 2. The van der Waals surface area contributed by atoms with Gasteiger partial charge in [0.05, 0.1) is 16.9 Å². The van der Waals surface area contributed by atoms with Crippen molar-refractivity contribution in [2.24, 2.45) is 0 Å². The Balaban J connectivity index is 1.40. The first-order chi connectivity index (χ1) is 15.4. The Morgan fingerprint density at radius 1 is 1.16 bits per heavy atom. The molecular weight excluding hydrogens is 424 g/mol. The normalized spacial score (nSPS) is 17.4. The number of nitrogens with zero attached hydrogens (tertiary/aromatic N) is 2. The van der Waals surface area contributed by atoms with Gasteiger partial charge in [-0.25, -0.2) is 4.98 Å². The number of carbonyl (C=O) groups excluding carboxylic acids is 3. The summed E-state index contributed by atoms with van der Waals surface area (Å²) in [6, 6.07) is 12.6. The maximum absolute atomic E-state index is 13.0. The molecular formula is C24H22N4O3S. The quantitative estimate of drug-likeness (QED) is 0.630. The number of carbonyl (C=O) groups is 3. The number of aromatic nitrogens is 1. The summed E-state index contributed by atoms with van der Waals surface area (Å²) in [6.07, 6.45) is 1.48. The number of rotatable bonds is 3. The van der Waals surface area contributed by atoms with Crippen LogP contribution in [0, 0.1) is 13.8 Å². The van der Waals surface area contributed by atoms with Crippen molar-refractivity contribution in [3.05, 3.63) is 64.2 Å². The summed E-state index contributed by atoms with van der Waals surface area (Å²) in [5.41, 5.74) is 4.15. The molecule has 0 spiro atoms. The van der Waals surface area contributed by atoms with Crippen molar-refractivity contribution >= 4 is 40.4 Å². The van der Waals surface area contributed by atoms with Gasteiger partial charge in [-0.05, 0) is 44.9 Å². The van der Waals surface area contributed by atoms with Crippen molar-refractivity contribution in [1.29, 1.82) is 0 Å². The van der Waals surface area contributed by atoms with E-state index in [0.29, 0.717) is 40.5 Å². The highest BCUT2D eigenvalue weighted by atomic mass is 32.1. The van der Waals surface area contributed by atoms with Crippen molar-refractivity contribution in [3.8, 4) is 10.6 Å². The third kappa shape index (κ3) is 3.56. The minimum Gasteiger partial charge on any atom is -0.327 e. The first-order valence-corrected chi connectivity index (χ1v) is 11.3. The summed E-state index contributed by atoms with van der Waals surface area (Å²) < 4.78 is 0. The Morgan fingerprint density at radius 3 is 2.72 bits per heavy atom. The van der Waals surface area contributed by atoms with E-state index in [4.69, 9.17) is 0 Å². The van der Waals surface area contributed by atoms with Crippen molar-refractivity contribution in [2.75, 3.05) is 17.2 Å². The average Bonchev–Trinajstić information content (AvgIpc) is 3.40. The van der Waals surface area contributed by atoms with Gasteiger partial charge in [0, 0.05) is 17.8 Å². The molecule has 2 aliphatic rings. The fraction of sp³-hybridized carbons (Fsp3) is 0.250. The van der Waals surface area contributed by atoms with Gasteiger partial charge < -0.3 is 15.5 Å². The van der Waals surface area contributed by atoms with Gasteiger partial charge in [-0.1, -0.05) is 29.8 Å². The van der Waals surface area contributed by atoms with Crippen LogP contribution in [0.25, 0.3) is 10.6 Å².